The Bertz CT molecular complexity index is 249. The third-order valence-electron chi connectivity index (χ3n) is 1.72. The van der Waals surface area contributed by atoms with Crippen molar-refractivity contribution in [1.29, 1.82) is 0 Å². The van der Waals surface area contributed by atoms with E-state index in [0.717, 1.165) is 17.7 Å². The lowest BCUT2D eigenvalue weighted by molar-refractivity contribution is 0.410. The zero-order valence-corrected chi connectivity index (χ0v) is 7.16. The number of nitrogens with two attached hydrogens (primary N) is 1. The SMILES string of the molecule is C=CCN(N)C1=CCC(=C)C=C1. The van der Waals surface area contributed by atoms with Crippen LogP contribution in [0, 0.1) is 0 Å². The molecule has 0 heterocycles. The molecule has 0 aliphatic heterocycles. The van der Waals surface area contributed by atoms with Gasteiger partial charge in [0.25, 0.3) is 0 Å². The molecule has 0 fully saturated rings. The van der Waals surface area contributed by atoms with Gasteiger partial charge in [-0.25, -0.2) is 5.84 Å². The molecule has 0 aromatic heterocycles. The van der Waals surface area contributed by atoms with Crippen LogP contribution in [0.1, 0.15) is 6.42 Å². The fourth-order valence-electron chi connectivity index (χ4n) is 1.03. The van der Waals surface area contributed by atoms with Gasteiger partial charge < -0.3 is 5.01 Å². The Morgan fingerprint density at radius 3 is 2.83 bits per heavy atom. The summed E-state index contributed by atoms with van der Waals surface area (Å²) in [5.41, 5.74) is 2.15. The van der Waals surface area contributed by atoms with Crippen LogP contribution in [0.2, 0.25) is 0 Å². The van der Waals surface area contributed by atoms with Crippen molar-refractivity contribution in [2.45, 2.75) is 6.42 Å². The molecule has 12 heavy (non-hydrogen) atoms. The maximum atomic E-state index is 5.72. The second-order valence-corrected chi connectivity index (χ2v) is 2.77. The van der Waals surface area contributed by atoms with E-state index in [1.165, 1.54) is 0 Å². The Labute approximate surface area is 73.3 Å². The van der Waals surface area contributed by atoms with Crippen LogP contribution in [0.3, 0.4) is 0 Å². The highest BCUT2D eigenvalue weighted by atomic mass is 15.4. The summed E-state index contributed by atoms with van der Waals surface area (Å²) in [4.78, 5) is 0. The molecule has 0 saturated heterocycles. The van der Waals surface area contributed by atoms with E-state index in [4.69, 9.17) is 5.84 Å². The molecule has 2 nitrogen and oxygen atoms in total. The smallest absolute Gasteiger partial charge is 0.0520 e. The van der Waals surface area contributed by atoms with Crippen molar-refractivity contribution < 1.29 is 0 Å². The van der Waals surface area contributed by atoms with Crippen LogP contribution in [0.5, 0.6) is 0 Å². The van der Waals surface area contributed by atoms with Gasteiger partial charge in [0.05, 0.1) is 6.54 Å². The van der Waals surface area contributed by atoms with Crippen molar-refractivity contribution >= 4 is 0 Å². The molecule has 1 rings (SSSR count). The van der Waals surface area contributed by atoms with Gasteiger partial charge in [-0.1, -0.05) is 30.4 Å². The minimum Gasteiger partial charge on any atom is -0.308 e. The molecule has 1 aliphatic rings. The summed E-state index contributed by atoms with van der Waals surface area (Å²) >= 11 is 0. The van der Waals surface area contributed by atoms with Crippen molar-refractivity contribution in [2.24, 2.45) is 5.84 Å². The number of rotatable bonds is 3. The van der Waals surface area contributed by atoms with Gasteiger partial charge in [0.1, 0.15) is 0 Å². The minimum absolute atomic E-state index is 0.669. The van der Waals surface area contributed by atoms with Crippen LogP contribution in [-0.4, -0.2) is 11.6 Å². The van der Waals surface area contributed by atoms with E-state index in [1.54, 1.807) is 11.1 Å². The molecule has 0 bridgehead atoms. The first-order chi connectivity index (χ1) is 5.74. The molecular formula is C10H14N2. The van der Waals surface area contributed by atoms with Crippen LogP contribution in [-0.2, 0) is 0 Å². The highest BCUT2D eigenvalue weighted by molar-refractivity contribution is 5.32. The van der Waals surface area contributed by atoms with Gasteiger partial charge in [0.15, 0.2) is 0 Å². The largest absolute Gasteiger partial charge is 0.308 e. The van der Waals surface area contributed by atoms with Gasteiger partial charge in [0.2, 0.25) is 0 Å². The van der Waals surface area contributed by atoms with Gasteiger partial charge in [0, 0.05) is 5.70 Å². The second-order valence-electron chi connectivity index (χ2n) is 2.77. The Morgan fingerprint density at radius 1 is 1.58 bits per heavy atom. The lowest BCUT2D eigenvalue weighted by Gasteiger charge is -2.19. The van der Waals surface area contributed by atoms with Gasteiger partial charge in [-0.15, -0.1) is 6.58 Å². The predicted octanol–water partition coefficient (Wildman–Crippen LogP) is 1.75. The number of allylic oxidation sites excluding steroid dienone is 4. The highest BCUT2D eigenvalue weighted by Gasteiger charge is 2.03. The molecule has 1 aliphatic carbocycles. The fourth-order valence-corrected chi connectivity index (χ4v) is 1.03. The zero-order valence-electron chi connectivity index (χ0n) is 7.16. The molecule has 0 amide bonds. The summed E-state index contributed by atoms with van der Waals surface area (Å²) in [6.45, 7) is 8.13. The first kappa shape index (κ1) is 8.81. The molecule has 0 saturated carbocycles. The third-order valence-corrected chi connectivity index (χ3v) is 1.72. The summed E-state index contributed by atoms with van der Waals surface area (Å²) in [5.74, 6) is 5.72. The number of nitrogens with zero attached hydrogens (tertiary/aromatic N) is 1. The number of hydrogen-bond donors (Lipinski definition) is 1. The zero-order chi connectivity index (χ0) is 8.97. The third kappa shape index (κ3) is 2.10. The number of hydrogen-bond acceptors (Lipinski definition) is 2. The Kier molecular flexibility index (Phi) is 2.88. The molecule has 0 atom stereocenters. The molecule has 2 N–H and O–H groups in total. The summed E-state index contributed by atoms with van der Waals surface area (Å²) in [6.07, 6.45) is 8.67. The molecule has 0 aromatic carbocycles. The predicted molar refractivity (Wildman–Crippen MR) is 52.1 cm³/mol. The molecule has 64 valence electrons. The van der Waals surface area contributed by atoms with Gasteiger partial charge >= 0.3 is 0 Å². The van der Waals surface area contributed by atoms with Crippen LogP contribution < -0.4 is 5.84 Å². The Hall–Kier alpha value is -1.28. The van der Waals surface area contributed by atoms with Gasteiger partial charge in [-0.05, 0) is 12.5 Å². The second kappa shape index (κ2) is 3.93. The molecule has 2 heteroatoms. The summed E-state index contributed by atoms with van der Waals surface area (Å²) in [5, 5.41) is 1.66. The summed E-state index contributed by atoms with van der Waals surface area (Å²) in [6, 6.07) is 0. The standard InChI is InChI=1S/C10H14N2/c1-3-8-12(11)10-6-4-9(2)5-7-10/h3-4,6-7H,1-2,5,8,11H2. The van der Waals surface area contributed by atoms with Crippen molar-refractivity contribution in [2.75, 3.05) is 6.54 Å². The highest BCUT2D eigenvalue weighted by Crippen LogP contribution is 2.14. The van der Waals surface area contributed by atoms with E-state index in [2.05, 4.69) is 19.2 Å². The molecule has 0 aromatic rings. The van der Waals surface area contributed by atoms with Crippen molar-refractivity contribution in [3.8, 4) is 0 Å². The molecule has 0 unspecified atom stereocenters. The topological polar surface area (TPSA) is 29.3 Å². The van der Waals surface area contributed by atoms with Crippen molar-refractivity contribution in [3.05, 3.63) is 48.7 Å². The molecular weight excluding hydrogens is 148 g/mol. The average Bonchev–Trinajstić information content (AvgIpc) is 2.06. The van der Waals surface area contributed by atoms with Crippen LogP contribution >= 0.6 is 0 Å². The quantitative estimate of drug-likeness (QED) is 0.389. The molecule has 0 spiro atoms. The molecule has 0 radical (unpaired) electrons. The summed E-state index contributed by atoms with van der Waals surface area (Å²) < 4.78 is 0. The van der Waals surface area contributed by atoms with E-state index in [9.17, 15) is 0 Å². The van der Waals surface area contributed by atoms with Crippen LogP contribution in [0.25, 0.3) is 0 Å². The normalized spacial score (nSPS) is 15.8. The maximum absolute atomic E-state index is 5.72. The van der Waals surface area contributed by atoms with Gasteiger partial charge in [-0.3, -0.25) is 0 Å². The van der Waals surface area contributed by atoms with E-state index in [1.807, 2.05) is 12.2 Å². The Morgan fingerprint density at radius 2 is 2.33 bits per heavy atom. The number of hydrazine groups is 1. The van der Waals surface area contributed by atoms with Crippen LogP contribution in [0.4, 0.5) is 0 Å². The van der Waals surface area contributed by atoms with Crippen molar-refractivity contribution in [3.63, 3.8) is 0 Å². The monoisotopic (exact) mass is 162 g/mol. The van der Waals surface area contributed by atoms with Gasteiger partial charge in [-0.2, -0.15) is 0 Å². The fraction of sp³-hybridized carbons (Fsp3) is 0.200. The van der Waals surface area contributed by atoms with Crippen LogP contribution in [0.15, 0.2) is 48.7 Å². The maximum Gasteiger partial charge on any atom is 0.0520 e. The van der Waals surface area contributed by atoms with E-state index in [-0.39, 0.29) is 0 Å². The van der Waals surface area contributed by atoms with E-state index in [0.29, 0.717) is 6.54 Å². The lowest BCUT2D eigenvalue weighted by Crippen LogP contribution is -2.29. The van der Waals surface area contributed by atoms with E-state index >= 15 is 0 Å². The average molecular weight is 162 g/mol. The van der Waals surface area contributed by atoms with E-state index < -0.39 is 0 Å². The minimum atomic E-state index is 0.669. The lowest BCUT2D eigenvalue weighted by atomic mass is 10.1. The summed E-state index contributed by atoms with van der Waals surface area (Å²) in [7, 11) is 0. The first-order valence-electron chi connectivity index (χ1n) is 3.93. The van der Waals surface area contributed by atoms with Crippen molar-refractivity contribution in [1.82, 2.24) is 5.01 Å². The first-order valence-corrected chi connectivity index (χ1v) is 3.93. The Balaban J connectivity index is 2.59.